The molecule has 124 valence electrons. The molecule has 0 radical (unpaired) electrons. The molecular formula is C15H15ClFNO4S. The molecule has 0 aliphatic carbocycles. The van der Waals surface area contributed by atoms with E-state index in [4.69, 9.17) is 21.1 Å². The highest BCUT2D eigenvalue weighted by Gasteiger charge is 2.23. The number of halogens is 2. The van der Waals surface area contributed by atoms with Crippen molar-refractivity contribution in [2.75, 3.05) is 25.6 Å². The van der Waals surface area contributed by atoms with Gasteiger partial charge < -0.3 is 9.47 Å². The molecule has 0 fully saturated rings. The summed E-state index contributed by atoms with van der Waals surface area (Å²) in [5.74, 6) is 0.0883. The lowest BCUT2D eigenvalue weighted by atomic mass is 10.3. The van der Waals surface area contributed by atoms with Gasteiger partial charge in [-0.25, -0.2) is 12.8 Å². The van der Waals surface area contributed by atoms with Crippen LogP contribution in [-0.4, -0.2) is 29.7 Å². The zero-order valence-electron chi connectivity index (χ0n) is 12.7. The topological polar surface area (TPSA) is 55.8 Å². The van der Waals surface area contributed by atoms with E-state index in [9.17, 15) is 12.8 Å². The van der Waals surface area contributed by atoms with E-state index < -0.39 is 15.8 Å². The zero-order valence-corrected chi connectivity index (χ0v) is 14.3. The van der Waals surface area contributed by atoms with Crippen LogP contribution in [0.15, 0.2) is 41.3 Å². The summed E-state index contributed by atoms with van der Waals surface area (Å²) < 4.78 is 49.8. The van der Waals surface area contributed by atoms with Crippen molar-refractivity contribution in [3.63, 3.8) is 0 Å². The molecule has 0 atom stereocenters. The van der Waals surface area contributed by atoms with Crippen LogP contribution in [0.1, 0.15) is 0 Å². The van der Waals surface area contributed by atoms with E-state index in [0.29, 0.717) is 11.5 Å². The number of hydrogen-bond donors (Lipinski definition) is 0. The maximum absolute atomic E-state index is 13.2. The molecule has 2 aromatic carbocycles. The fourth-order valence-electron chi connectivity index (χ4n) is 1.95. The average Bonchev–Trinajstić information content (AvgIpc) is 2.55. The molecule has 0 saturated carbocycles. The van der Waals surface area contributed by atoms with Crippen molar-refractivity contribution >= 4 is 27.3 Å². The van der Waals surface area contributed by atoms with E-state index in [1.807, 2.05) is 0 Å². The summed E-state index contributed by atoms with van der Waals surface area (Å²) >= 11 is 5.71. The molecule has 2 aromatic rings. The van der Waals surface area contributed by atoms with Crippen LogP contribution in [0.5, 0.6) is 11.5 Å². The van der Waals surface area contributed by atoms with Crippen molar-refractivity contribution in [2.24, 2.45) is 0 Å². The molecule has 0 N–H and O–H groups in total. The van der Waals surface area contributed by atoms with E-state index in [2.05, 4.69) is 0 Å². The molecule has 0 aliphatic rings. The Morgan fingerprint density at radius 2 is 1.70 bits per heavy atom. The first kappa shape index (κ1) is 17.4. The Bertz CT molecular complexity index is 826. The van der Waals surface area contributed by atoms with Gasteiger partial charge in [0, 0.05) is 13.1 Å². The highest BCUT2D eigenvalue weighted by atomic mass is 35.5. The highest BCUT2D eigenvalue weighted by Crippen LogP contribution is 2.32. The number of anilines is 1. The smallest absolute Gasteiger partial charge is 0.264 e. The van der Waals surface area contributed by atoms with Gasteiger partial charge in [-0.3, -0.25) is 4.31 Å². The summed E-state index contributed by atoms with van der Waals surface area (Å²) in [5, 5.41) is -0.156. The van der Waals surface area contributed by atoms with Crippen molar-refractivity contribution in [3.05, 3.63) is 47.2 Å². The maximum Gasteiger partial charge on any atom is 0.264 e. The number of nitrogens with zero attached hydrogens (tertiary/aromatic N) is 1. The molecule has 0 bridgehead atoms. The summed E-state index contributed by atoms with van der Waals surface area (Å²) in [7, 11) is 0.366. The van der Waals surface area contributed by atoms with Crippen molar-refractivity contribution in [1.82, 2.24) is 0 Å². The van der Waals surface area contributed by atoms with E-state index in [0.717, 1.165) is 10.4 Å². The van der Waals surface area contributed by atoms with Crippen LogP contribution >= 0.6 is 11.6 Å². The van der Waals surface area contributed by atoms with Crippen LogP contribution in [0.3, 0.4) is 0 Å². The molecule has 0 aromatic heterocycles. The molecule has 5 nitrogen and oxygen atoms in total. The summed E-state index contributed by atoms with van der Waals surface area (Å²) in [6.07, 6.45) is 0. The van der Waals surface area contributed by atoms with Gasteiger partial charge in [-0.15, -0.1) is 0 Å². The van der Waals surface area contributed by atoms with Crippen LogP contribution in [-0.2, 0) is 10.0 Å². The minimum atomic E-state index is -3.86. The van der Waals surface area contributed by atoms with Gasteiger partial charge in [-0.05, 0) is 30.3 Å². The summed E-state index contributed by atoms with van der Waals surface area (Å²) in [5.41, 5.74) is 0.242. The van der Waals surface area contributed by atoms with Crippen LogP contribution in [0.25, 0.3) is 0 Å². The Morgan fingerprint density at radius 3 is 2.26 bits per heavy atom. The quantitative estimate of drug-likeness (QED) is 0.821. The minimum absolute atomic E-state index is 0.0121. The number of ether oxygens (including phenoxy) is 2. The second-order valence-electron chi connectivity index (χ2n) is 4.59. The number of rotatable bonds is 5. The summed E-state index contributed by atoms with van der Waals surface area (Å²) in [4.78, 5) is 0.0121. The van der Waals surface area contributed by atoms with E-state index in [1.54, 1.807) is 0 Å². The SMILES string of the molecule is COc1ccc(S(=O)(=O)N(C)c2ccc(F)c(Cl)c2)cc1OC. The van der Waals surface area contributed by atoms with Crippen LogP contribution < -0.4 is 13.8 Å². The maximum atomic E-state index is 13.2. The first-order valence-corrected chi connectivity index (χ1v) is 8.29. The Labute approximate surface area is 139 Å². The monoisotopic (exact) mass is 359 g/mol. The van der Waals surface area contributed by atoms with Gasteiger partial charge in [0.05, 0.1) is 29.8 Å². The number of benzene rings is 2. The Balaban J connectivity index is 2.46. The molecule has 0 spiro atoms. The summed E-state index contributed by atoms with van der Waals surface area (Å²) in [6.45, 7) is 0. The zero-order chi connectivity index (χ0) is 17.2. The molecule has 8 heteroatoms. The lowest BCUT2D eigenvalue weighted by Crippen LogP contribution is -2.26. The van der Waals surface area contributed by atoms with Gasteiger partial charge in [-0.2, -0.15) is 0 Å². The lowest BCUT2D eigenvalue weighted by molar-refractivity contribution is 0.354. The van der Waals surface area contributed by atoms with Crippen LogP contribution in [0.4, 0.5) is 10.1 Å². The number of sulfonamides is 1. The standard InChI is InChI=1S/C15H15ClFNO4S/c1-18(10-4-6-13(17)12(16)8-10)23(19,20)11-5-7-14(21-2)15(9-11)22-3/h4-9H,1-3H3. The van der Waals surface area contributed by atoms with Crippen molar-refractivity contribution in [2.45, 2.75) is 4.90 Å². The van der Waals surface area contributed by atoms with Gasteiger partial charge in [0.1, 0.15) is 5.82 Å². The average molecular weight is 360 g/mol. The second-order valence-corrected chi connectivity index (χ2v) is 6.96. The fourth-order valence-corrected chi connectivity index (χ4v) is 3.33. The van der Waals surface area contributed by atoms with Gasteiger partial charge in [0.15, 0.2) is 11.5 Å². The molecular weight excluding hydrogens is 345 g/mol. The molecule has 0 heterocycles. The predicted molar refractivity (Wildman–Crippen MR) is 86.5 cm³/mol. The Kier molecular flexibility index (Phi) is 5.01. The molecule has 0 unspecified atom stereocenters. The molecule has 0 aliphatic heterocycles. The second kappa shape index (κ2) is 6.64. The van der Waals surface area contributed by atoms with E-state index in [1.165, 1.54) is 51.6 Å². The first-order chi connectivity index (χ1) is 10.8. The highest BCUT2D eigenvalue weighted by molar-refractivity contribution is 7.92. The van der Waals surface area contributed by atoms with Gasteiger partial charge >= 0.3 is 0 Å². The van der Waals surface area contributed by atoms with Crippen LogP contribution in [0, 0.1) is 5.82 Å². The van der Waals surface area contributed by atoms with Gasteiger partial charge in [-0.1, -0.05) is 11.6 Å². The van der Waals surface area contributed by atoms with Gasteiger partial charge in [0.25, 0.3) is 10.0 Å². The minimum Gasteiger partial charge on any atom is -0.493 e. The predicted octanol–water partition coefficient (Wildman–Crippen LogP) is 3.32. The third kappa shape index (κ3) is 3.35. The lowest BCUT2D eigenvalue weighted by Gasteiger charge is -2.20. The Morgan fingerprint density at radius 1 is 1.04 bits per heavy atom. The van der Waals surface area contributed by atoms with E-state index >= 15 is 0 Å². The first-order valence-electron chi connectivity index (χ1n) is 6.47. The molecule has 0 saturated heterocycles. The van der Waals surface area contributed by atoms with Crippen LogP contribution in [0.2, 0.25) is 5.02 Å². The molecule has 2 rings (SSSR count). The van der Waals surface area contributed by atoms with Gasteiger partial charge in [0.2, 0.25) is 0 Å². The normalized spacial score (nSPS) is 11.2. The third-order valence-corrected chi connectivity index (χ3v) is 5.35. The largest absolute Gasteiger partial charge is 0.493 e. The van der Waals surface area contributed by atoms with Crippen molar-refractivity contribution < 1.29 is 22.3 Å². The summed E-state index contributed by atoms with van der Waals surface area (Å²) in [6, 6.07) is 7.94. The molecule has 23 heavy (non-hydrogen) atoms. The Hall–Kier alpha value is -1.99. The number of hydrogen-bond acceptors (Lipinski definition) is 4. The third-order valence-electron chi connectivity index (χ3n) is 3.28. The number of methoxy groups -OCH3 is 2. The van der Waals surface area contributed by atoms with Crippen molar-refractivity contribution in [1.29, 1.82) is 0 Å². The molecule has 0 amide bonds. The van der Waals surface area contributed by atoms with E-state index in [-0.39, 0.29) is 15.6 Å². The van der Waals surface area contributed by atoms with Crippen molar-refractivity contribution in [3.8, 4) is 11.5 Å². The fraction of sp³-hybridized carbons (Fsp3) is 0.200.